The second-order valence-corrected chi connectivity index (χ2v) is 6.67. The quantitative estimate of drug-likeness (QED) is 0.658. The summed E-state index contributed by atoms with van der Waals surface area (Å²) >= 11 is 5.69. The Hall–Kier alpha value is -1.69. The molecular formula is C17H20ClF2NO3. The first-order chi connectivity index (χ1) is 11.3. The maximum atomic E-state index is 13.2. The Morgan fingerprint density at radius 2 is 1.92 bits per heavy atom. The molecule has 1 aromatic rings. The summed E-state index contributed by atoms with van der Waals surface area (Å²) in [5, 5.41) is 2.59. The van der Waals surface area contributed by atoms with Crippen molar-refractivity contribution in [3.8, 4) is 0 Å². The highest BCUT2D eigenvalue weighted by Crippen LogP contribution is 2.29. The van der Waals surface area contributed by atoms with Gasteiger partial charge in [0.2, 0.25) is 0 Å². The lowest BCUT2D eigenvalue weighted by Crippen LogP contribution is -2.45. The average Bonchev–Trinajstić information content (AvgIpc) is 2.53. The Bertz CT molecular complexity index is 639. The summed E-state index contributed by atoms with van der Waals surface area (Å²) in [6, 6.07) is 1.40. The Morgan fingerprint density at radius 1 is 1.25 bits per heavy atom. The number of ether oxygens (including phenoxy) is 1. The molecule has 24 heavy (non-hydrogen) atoms. The van der Waals surface area contributed by atoms with Gasteiger partial charge < -0.3 is 10.1 Å². The molecule has 0 heterocycles. The Labute approximate surface area is 144 Å². The second kappa shape index (κ2) is 7.92. The molecule has 3 atom stereocenters. The van der Waals surface area contributed by atoms with Crippen molar-refractivity contribution >= 4 is 23.5 Å². The Morgan fingerprint density at radius 3 is 2.62 bits per heavy atom. The summed E-state index contributed by atoms with van der Waals surface area (Å²) in [5.41, 5.74) is -0.317. The molecule has 0 bridgehead atoms. The summed E-state index contributed by atoms with van der Waals surface area (Å²) < 4.78 is 31.0. The number of amides is 1. The van der Waals surface area contributed by atoms with Gasteiger partial charge in [-0.15, -0.1) is 0 Å². The van der Waals surface area contributed by atoms with E-state index in [0.717, 1.165) is 19.3 Å². The van der Waals surface area contributed by atoms with Crippen LogP contribution in [0.25, 0.3) is 0 Å². The lowest BCUT2D eigenvalue weighted by molar-refractivity contribution is -0.125. The van der Waals surface area contributed by atoms with Gasteiger partial charge in [0, 0.05) is 6.04 Å². The summed E-state index contributed by atoms with van der Waals surface area (Å²) in [7, 11) is 0. The number of hydrogen-bond acceptors (Lipinski definition) is 3. The monoisotopic (exact) mass is 359 g/mol. The number of rotatable bonds is 4. The number of nitrogens with one attached hydrogen (secondary N) is 1. The lowest BCUT2D eigenvalue weighted by Gasteiger charge is -2.34. The van der Waals surface area contributed by atoms with E-state index in [1.54, 1.807) is 0 Å². The van der Waals surface area contributed by atoms with Crippen LogP contribution in [0, 0.1) is 23.5 Å². The van der Waals surface area contributed by atoms with Crippen molar-refractivity contribution in [3.63, 3.8) is 0 Å². The molecule has 1 N–H and O–H groups in total. The first kappa shape index (κ1) is 18.6. The molecule has 4 nitrogen and oxygen atoms in total. The standard InChI is InChI=1S/C17H20ClF2NO3/c1-9-4-3-5-15(10(9)2)21-16(22)8-24-17(23)11-6-13(19)14(20)7-12(11)18/h6-7,9-10,15H,3-5,8H2,1-2H3,(H,21,22)/t9-,10+,15+/m1/s1. The first-order valence-electron chi connectivity index (χ1n) is 7.90. The summed E-state index contributed by atoms with van der Waals surface area (Å²) in [4.78, 5) is 23.8. The molecule has 0 aromatic heterocycles. The van der Waals surface area contributed by atoms with Gasteiger partial charge in [0.25, 0.3) is 5.91 Å². The SMILES string of the molecule is C[C@H]1[C@H](C)CCC[C@@H]1NC(=O)COC(=O)c1cc(F)c(F)cc1Cl. The molecule has 0 unspecified atom stereocenters. The summed E-state index contributed by atoms with van der Waals surface area (Å²) in [6.07, 6.45) is 3.07. The molecule has 1 aromatic carbocycles. The lowest BCUT2D eigenvalue weighted by atomic mass is 9.78. The maximum Gasteiger partial charge on any atom is 0.340 e. The fourth-order valence-corrected chi connectivity index (χ4v) is 3.15. The molecular weight excluding hydrogens is 340 g/mol. The Balaban J connectivity index is 1.90. The maximum absolute atomic E-state index is 13.2. The van der Waals surface area contributed by atoms with E-state index >= 15 is 0 Å². The van der Waals surface area contributed by atoms with Crippen LogP contribution in [0.1, 0.15) is 43.5 Å². The minimum Gasteiger partial charge on any atom is -0.452 e. The van der Waals surface area contributed by atoms with Gasteiger partial charge in [-0.05, 0) is 30.4 Å². The minimum atomic E-state index is -1.21. The van der Waals surface area contributed by atoms with E-state index in [-0.39, 0.29) is 16.6 Å². The van der Waals surface area contributed by atoms with Crippen molar-refractivity contribution in [2.45, 2.75) is 39.2 Å². The van der Waals surface area contributed by atoms with E-state index in [1.165, 1.54) is 0 Å². The molecule has 0 saturated heterocycles. The predicted molar refractivity (Wildman–Crippen MR) is 85.8 cm³/mol. The molecule has 2 rings (SSSR count). The van der Waals surface area contributed by atoms with E-state index in [1.807, 2.05) is 0 Å². The second-order valence-electron chi connectivity index (χ2n) is 6.26. The molecule has 132 valence electrons. The number of carbonyl (C=O) groups is 2. The van der Waals surface area contributed by atoms with Gasteiger partial charge in [0.05, 0.1) is 10.6 Å². The molecule has 1 aliphatic carbocycles. The van der Waals surface area contributed by atoms with Gasteiger partial charge in [-0.3, -0.25) is 4.79 Å². The smallest absolute Gasteiger partial charge is 0.340 e. The van der Waals surface area contributed by atoms with E-state index < -0.39 is 30.1 Å². The van der Waals surface area contributed by atoms with Crippen molar-refractivity contribution in [3.05, 3.63) is 34.4 Å². The third kappa shape index (κ3) is 4.44. The van der Waals surface area contributed by atoms with Gasteiger partial charge in [0.15, 0.2) is 18.2 Å². The van der Waals surface area contributed by atoms with E-state index in [2.05, 4.69) is 19.2 Å². The number of halogens is 3. The van der Waals surface area contributed by atoms with Crippen molar-refractivity contribution in [1.82, 2.24) is 5.32 Å². The number of esters is 1. The van der Waals surface area contributed by atoms with Crippen LogP contribution in [-0.4, -0.2) is 24.5 Å². The van der Waals surface area contributed by atoms with Crippen LogP contribution in [0.4, 0.5) is 8.78 Å². The Kier molecular flexibility index (Phi) is 6.15. The number of hydrogen-bond donors (Lipinski definition) is 1. The van der Waals surface area contributed by atoms with E-state index in [4.69, 9.17) is 16.3 Å². The van der Waals surface area contributed by atoms with E-state index in [0.29, 0.717) is 24.0 Å². The van der Waals surface area contributed by atoms with Crippen molar-refractivity contribution in [2.75, 3.05) is 6.61 Å². The first-order valence-corrected chi connectivity index (χ1v) is 8.28. The molecule has 0 spiro atoms. The molecule has 0 aliphatic heterocycles. The van der Waals surface area contributed by atoms with Crippen LogP contribution in [0.5, 0.6) is 0 Å². The van der Waals surface area contributed by atoms with Crippen LogP contribution >= 0.6 is 11.6 Å². The number of benzene rings is 1. The molecule has 1 amide bonds. The summed E-state index contributed by atoms with van der Waals surface area (Å²) in [5.74, 6) is -2.89. The van der Waals surface area contributed by atoms with Crippen molar-refractivity contribution in [1.29, 1.82) is 0 Å². The zero-order valence-electron chi connectivity index (χ0n) is 13.6. The van der Waals surface area contributed by atoms with Crippen LogP contribution in [0.15, 0.2) is 12.1 Å². The normalized spacial score (nSPS) is 23.6. The van der Waals surface area contributed by atoms with Gasteiger partial charge in [-0.2, -0.15) is 0 Å². The molecule has 1 saturated carbocycles. The number of carbonyl (C=O) groups excluding carboxylic acids is 2. The molecule has 7 heteroatoms. The van der Waals surface area contributed by atoms with Crippen LogP contribution in [0.2, 0.25) is 5.02 Å². The zero-order chi connectivity index (χ0) is 17.9. The minimum absolute atomic E-state index is 0.0480. The van der Waals surface area contributed by atoms with Gasteiger partial charge >= 0.3 is 5.97 Å². The fourth-order valence-electron chi connectivity index (χ4n) is 2.92. The molecule has 0 radical (unpaired) electrons. The zero-order valence-corrected chi connectivity index (χ0v) is 14.3. The van der Waals surface area contributed by atoms with E-state index in [9.17, 15) is 18.4 Å². The van der Waals surface area contributed by atoms with Crippen molar-refractivity contribution in [2.24, 2.45) is 11.8 Å². The highest BCUT2D eigenvalue weighted by molar-refractivity contribution is 6.33. The third-order valence-corrected chi connectivity index (χ3v) is 4.93. The van der Waals surface area contributed by atoms with Crippen LogP contribution in [-0.2, 0) is 9.53 Å². The molecule has 1 fully saturated rings. The average molecular weight is 360 g/mol. The largest absolute Gasteiger partial charge is 0.452 e. The fraction of sp³-hybridized carbons (Fsp3) is 0.529. The highest BCUT2D eigenvalue weighted by atomic mass is 35.5. The van der Waals surface area contributed by atoms with Gasteiger partial charge in [-0.1, -0.05) is 38.3 Å². The topological polar surface area (TPSA) is 55.4 Å². The summed E-state index contributed by atoms with van der Waals surface area (Å²) in [6.45, 7) is 3.74. The van der Waals surface area contributed by atoms with Crippen LogP contribution in [0.3, 0.4) is 0 Å². The van der Waals surface area contributed by atoms with Gasteiger partial charge in [-0.25, -0.2) is 13.6 Å². The van der Waals surface area contributed by atoms with Gasteiger partial charge in [0.1, 0.15) is 0 Å². The predicted octanol–water partition coefficient (Wildman–Crippen LogP) is 3.72. The van der Waals surface area contributed by atoms with Crippen LogP contribution < -0.4 is 5.32 Å². The molecule has 1 aliphatic rings. The third-order valence-electron chi connectivity index (χ3n) is 4.62. The highest BCUT2D eigenvalue weighted by Gasteiger charge is 2.28. The van der Waals surface area contributed by atoms with Crippen molar-refractivity contribution < 1.29 is 23.1 Å².